The van der Waals surface area contributed by atoms with Gasteiger partial charge in [-0.25, -0.2) is 4.79 Å². The molecular weight excluding hydrogens is 222 g/mol. The summed E-state index contributed by atoms with van der Waals surface area (Å²) in [4.78, 5) is 26.2. The maximum atomic E-state index is 11.8. The Bertz CT molecular complexity index is 329. The van der Waals surface area contributed by atoms with Gasteiger partial charge in [-0.1, -0.05) is 0 Å². The minimum atomic E-state index is -0.648. The smallest absolute Gasteiger partial charge is 0.409 e. The van der Waals surface area contributed by atoms with Crippen LogP contribution in [0.15, 0.2) is 0 Å². The number of carbonyl (C=O) groups is 2. The van der Waals surface area contributed by atoms with E-state index in [2.05, 4.69) is 10.7 Å². The lowest BCUT2D eigenvalue weighted by molar-refractivity contribution is -0.134. The molecule has 1 rings (SSSR count). The standard InChI is InChI=1S/C11H17N3O3/c1-3-4-9(12)10(15)13-5-7-14(8-6-13)11(16)17-2/h1,9H,4-8,12H2,2H3. The molecule has 94 valence electrons. The highest BCUT2D eigenvalue weighted by atomic mass is 16.5. The molecule has 6 heteroatoms. The normalized spacial score (nSPS) is 17.2. The minimum Gasteiger partial charge on any atom is -0.453 e. The second-order valence-corrected chi connectivity index (χ2v) is 3.80. The van der Waals surface area contributed by atoms with E-state index in [-0.39, 0.29) is 18.4 Å². The van der Waals surface area contributed by atoms with Crippen molar-refractivity contribution < 1.29 is 14.3 Å². The number of methoxy groups -OCH3 is 1. The van der Waals surface area contributed by atoms with E-state index >= 15 is 0 Å². The van der Waals surface area contributed by atoms with Crippen LogP contribution in [-0.2, 0) is 9.53 Å². The van der Waals surface area contributed by atoms with Gasteiger partial charge in [0, 0.05) is 32.6 Å². The number of carbonyl (C=O) groups excluding carboxylic acids is 2. The van der Waals surface area contributed by atoms with E-state index in [1.165, 1.54) is 7.11 Å². The van der Waals surface area contributed by atoms with Gasteiger partial charge in [-0.15, -0.1) is 12.3 Å². The maximum absolute atomic E-state index is 11.8. The Kier molecular flexibility index (Phi) is 4.79. The Morgan fingerprint density at radius 2 is 1.88 bits per heavy atom. The van der Waals surface area contributed by atoms with Crippen LogP contribution < -0.4 is 5.73 Å². The van der Waals surface area contributed by atoms with Gasteiger partial charge in [0.05, 0.1) is 13.2 Å². The van der Waals surface area contributed by atoms with Crippen molar-refractivity contribution in [3.63, 3.8) is 0 Å². The zero-order chi connectivity index (χ0) is 12.8. The van der Waals surface area contributed by atoms with Gasteiger partial charge >= 0.3 is 6.09 Å². The average Bonchev–Trinajstić information content (AvgIpc) is 2.37. The number of ether oxygens (including phenoxy) is 1. The zero-order valence-corrected chi connectivity index (χ0v) is 9.89. The molecule has 0 radical (unpaired) electrons. The lowest BCUT2D eigenvalue weighted by atomic mass is 10.2. The van der Waals surface area contributed by atoms with Gasteiger partial charge in [0.2, 0.25) is 5.91 Å². The van der Waals surface area contributed by atoms with Crippen molar-refractivity contribution in [2.24, 2.45) is 5.73 Å². The van der Waals surface area contributed by atoms with Crippen LogP contribution in [0.4, 0.5) is 4.79 Å². The molecule has 0 aromatic heterocycles. The average molecular weight is 239 g/mol. The molecule has 6 nitrogen and oxygen atoms in total. The lowest BCUT2D eigenvalue weighted by Crippen LogP contribution is -2.54. The van der Waals surface area contributed by atoms with E-state index in [1.54, 1.807) is 9.80 Å². The molecule has 0 bridgehead atoms. The molecule has 0 saturated carbocycles. The molecule has 1 unspecified atom stereocenters. The van der Waals surface area contributed by atoms with Crippen molar-refractivity contribution >= 4 is 12.0 Å². The van der Waals surface area contributed by atoms with Crippen molar-refractivity contribution in [1.82, 2.24) is 9.80 Å². The highest BCUT2D eigenvalue weighted by molar-refractivity contribution is 5.82. The zero-order valence-electron chi connectivity index (χ0n) is 9.89. The Morgan fingerprint density at radius 1 is 1.35 bits per heavy atom. The molecule has 1 aliphatic heterocycles. The molecular formula is C11H17N3O3. The second-order valence-electron chi connectivity index (χ2n) is 3.80. The predicted octanol–water partition coefficient (Wildman–Crippen LogP) is -0.752. The molecule has 0 spiro atoms. The maximum Gasteiger partial charge on any atom is 0.409 e. The van der Waals surface area contributed by atoms with Crippen LogP contribution in [0.2, 0.25) is 0 Å². The van der Waals surface area contributed by atoms with Crippen LogP contribution in [0.5, 0.6) is 0 Å². The van der Waals surface area contributed by atoms with Crippen molar-refractivity contribution in [2.45, 2.75) is 12.5 Å². The number of nitrogens with two attached hydrogens (primary N) is 1. The van der Waals surface area contributed by atoms with Crippen molar-refractivity contribution in [3.05, 3.63) is 0 Å². The summed E-state index contributed by atoms with van der Waals surface area (Å²) < 4.78 is 4.60. The third-order valence-corrected chi connectivity index (χ3v) is 2.68. The summed E-state index contributed by atoms with van der Waals surface area (Å²) in [7, 11) is 1.34. The SMILES string of the molecule is C#CCC(N)C(=O)N1CCN(C(=O)OC)CC1. The van der Waals surface area contributed by atoms with Gasteiger partial charge < -0.3 is 20.3 Å². The fourth-order valence-electron chi connectivity index (χ4n) is 1.69. The Balaban J connectivity index is 2.44. The van der Waals surface area contributed by atoms with Crippen LogP contribution in [0.25, 0.3) is 0 Å². The third kappa shape index (κ3) is 3.36. The van der Waals surface area contributed by atoms with Gasteiger partial charge in [-0.3, -0.25) is 4.79 Å². The first-order chi connectivity index (χ1) is 8.10. The van der Waals surface area contributed by atoms with E-state index in [0.29, 0.717) is 26.2 Å². The van der Waals surface area contributed by atoms with E-state index < -0.39 is 6.04 Å². The first kappa shape index (κ1) is 13.3. The number of nitrogens with zero attached hydrogens (tertiary/aromatic N) is 2. The first-order valence-corrected chi connectivity index (χ1v) is 5.41. The predicted molar refractivity (Wildman–Crippen MR) is 62.0 cm³/mol. The van der Waals surface area contributed by atoms with Crippen molar-refractivity contribution in [2.75, 3.05) is 33.3 Å². The summed E-state index contributed by atoms with van der Waals surface area (Å²) in [5.41, 5.74) is 5.64. The molecule has 0 aliphatic carbocycles. The summed E-state index contributed by atoms with van der Waals surface area (Å²) in [6.07, 6.45) is 4.97. The summed E-state index contributed by atoms with van der Waals surface area (Å²) in [6, 6.07) is -0.648. The summed E-state index contributed by atoms with van der Waals surface area (Å²) in [5.74, 6) is 2.21. The van der Waals surface area contributed by atoms with E-state index in [0.717, 1.165) is 0 Å². The summed E-state index contributed by atoms with van der Waals surface area (Å²) in [6.45, 7) is 1.85. The Labute approximate surface area is 101 Å². The highest BCUT2D eigenvalue weighted by Crippen LogP contribution is 2.05. The lowest BCUT2D eigenvalue weighted by Gasteiger charge is -2.34. The van der Waals surface area contributed by atoms with Crippen molar-refractivity contribution in [1.29, 1.82) is 0 Å². The number of rotatable bonds is 2. The molecule has 0 aromatic rings. The monoisotopic (exact) mass is 239 g/mol. The van der Waals surface area contributed by atoms with E-state index in [4.69, 9.17) is 12.2 Å². The first-order valence-electron chi connectivity index (χ1n) is 5.41. The fourth-order valence-corrected chi connectivity index (χ4v) is 1.69. The van der Waals surface area contributed by atoms with Gasteiger partial charge in [0.1, 0.15) is 0 Å². The largest absolute Gasteiger partial charge is 0.453 e. The summed E-state index contributed by atoms with van der Waals surface area (Å²) in [5, 5.41) is 0. The van der Waals surface area contributed by atoms with Gasteiger partial charge in [0.15, 0.2) is 0 Å². The molecule has 1 heterocycles. The van der Waals surface area contributed by atoms with Crippen LogP contribution >= 0.6 is 0 Å². The van der Waals surface area contributed by atoms with Crippen molar-refractivity contribution in [3.8, 4) is 12.3 Å². The van der Waals surface area contributed by atoms with Crippen LogP contribution in [0.1, 0.15) is 6.42 Å². The fraction of sp³-hybridized carbons (Fsp3) is 0.636. The number of piperazine rings is 1. The van der Waals surface area contributed by atoms with E-state index in [9.17, 15) is 9.59 Å². The number of terminal acetylenes is 1. The minimum absolute atomic E-state index is 0.160. The molecule has 2 amide bonds. The highest BCUT2D eigenvalue weighted by Gasteiger charge is 2.26. The molecule has 1 aliphatic rings. The summed E-state index contributed by atoms with van der Waals surface area (Å²) >= 11 is 0. The van der Waals surface area contributed by atoms with Crippen LogP contribution in [0.3, 0.4) is 0 Å². The van der Waals surface area contributed by atoms with E-state index in [1.807, 2.05) is 0 Å². The van der Waals surface area contributed by atoms with Gasteiger partial charge in [-0.05, 0) is 0 Å². The molecule has 2 N–H and O–H groups in total. The Morgan fingerprint density at radius 3 is 2.35 bits per heavy atom. The van der Waals surface area contributed by atoms with Gasteiger partial charge in [0.25, 0.3) is 0 Å². The molecule has 1 saturated heterocycles. The third-order valence-electron chi connectivity index (χ3n) is 2.68. The number of hydrogen-bond donors (Lipinski definition) is 1. The topological polar surface area (TPSA) is 75.9 Å². The van der Waals surface area contributed by atoms with Crippen LogP contribution in [-0.4, -0.2) is 61.1 Å². The second kappa shape index (κ2) is 6.11. The molecule has 1 fully saturated rings. The molecule has 0 aromatic carbocycles. The quantitative estimate of drug-likeness (QED) is 0.643. The van der Waals surface area contributed by atoms with Crippen LogP contribution in [0, 0.1) is 12.3 Å². The van der Waals surface area contributed by atoms with Gasteiger partial charge in [-0.2, -0.15) is 0 Å². The Hall–Kier alpha value is -1.74. The molecule has 1 atom stereocenters. The number of hydrogen-bond acceptors (Lipinski definition) is 4. The number of amides is 2. The molecule has 17 heavy (non-hydrogen) atoms.